The van der Waals surface area contributed by atoms with Gasteiger partial charge in [0.05, 0.1) is 6.04 Å². The molecule has 1 aromatic carbocycles. The van der Waals surface area contributed by atoms with Crippen LogP contribution in [0.3, 0.4) is 0 Å². The normalized spacial score (nSPS) is 15.0. The molecule has 2 amide bonds. The Labute approximate surface area is 117 Å². The number of carbonyl (C=O) groups excluding carboxylic acids is 2. The molecule has 1 aliphatic carbocycles. The van der Waals surface area contributed by atoms with Crippen LogP contribution in [0.15, 0.2) is 24.3 Å². The van der Waals surface area contributed by atoms with Crippen LogP contribution in [-0.4, -0.2) is 17.9 Å². The second-order valence-corrected chi connectivity index (χ2v) is 4.84. The number of carbonyl (C=O) groups is 2. The van der Waals surface area contributed by atoms with Crippen LogP contribution in [0.2, 0.25) is 0 Å². The van der Waals surface area contributed by atoms with Crippen molar-refractivity contribution in [1.82, 2.24) is 0 Å². The van der Waals surface area contributed by atoms with E-state index < -0.39 is 6.04 Å². The predicted octanol–water partition coefficient (Wildman–Crippen LogP) is 1.32. The van der Waals surface area contributed by atoms with Crippen molar-refractivity contribution in [2.75, 3.05) is 10.6 Å². The Hall–Kier alpha value is -2.32. The molecule has 0 spiro atoms. The lowest BCUT2D eigenvalue weighted by Gasteiger charge is -2.10. The lowest BCUT2D eigenvalue weighted by Crippen LogP contribution is -2.35. The van der Waals surface area contributed by atoms with Crippen LogP contribution in [0, 0.1) is 18.3 Å². The van der Waals surface area contributed by atoms with Gasteiger partial charge in [0.1, 0.15) is 0 Å². The van der Waals surface area contributed by atoms with Crippen LogP contribution >= 0.6 is 0 Å². The first-order chi connectivity index (χ1) is 9.60. The molecule has 0 aromatic heterocycles. The molecule has 1 aromatic rings. The fourth-order valence-corrected chi connectivity index (χ4v) is 1.68. The monoisotopic (exact) mass is 271 g/mol. The summed E-state index contributed by atoms with van der Waals surface area (Å²) in [6.07, 6.45) is 7.23. The minimum absolute atomic E-state index is 0.0535. The van der Waals surface area contributed by atoms with Crippen molar-refractivity contribution in [3.63, 3.8) is 0 Å². The molecule has 104 valence electrons. The van der Waals surface area contributed by atoms with Crippen molar-refractivity contribution in [2.45, 2.75) is 25.3 Å². The molecule has 1 atom stereocenters. The summed E-state index contributed by atoms with van der Waals surface area (Å²) < 4.78 is 0. The van der Waals surface area contributed by atoms with Crippen LogP contribution in [0.5, 0.6) is 0 Å². The van der Waals surface area contributed by atoms with E-state index in [9.17, 15) is 9.59 Å². The van der Waals surface area contributed by atoms with Crippen LogP contribution in [0.25, 0.3) is 0 Å². The molecule has 1 aliphatic rings. The third kappa shape index (κ3) is 3.84. The summed E-state index contributed by atoms with van der Waals surface area (Å²) in [7, 11) is 0. The van der Waals surface area contributed by atoms with Gasteiger partial charge in [-0.2, -0.15) is 0 Å². The number of rotatable bonds is 5. The minimum atomic E-state index is -0.714. The predicted molar refractivity (Wildman–Crippen MR) is 77.9 cm³/mol. The molecule has 2 rings (SSSR count). The van der Waals surface area contributed by atoms with Crippen molar-refractivity contribution in [1.29, 1.82) is 0 Å². The van der Waals surface area contributed by atoms with Crippen molar-refractivity contribution in [3.8, 4) is 12.3 Å². The topological polar surface area (TPSA) is 84.2 Å². The van der Waals surface area contributed by atoms with Gasteiger partial charge in [-0.05, 0) is 37.1 Å². The molecule has 0 saturated heterocycles. The van der Waals surface area contributed by atoms with Gasteiger partial charge in [0.2, 0.25) is 11.8 Å². The Bertz CT molecular complexity index is 541. The second kappa shape index (κ2) is 6.22. The summed E-state index contributed by atoms with van der Waals surface area (Å²) >= 11 is 0. The van der Waals surface area contributed by atoms with Crippen LogP contribution < -0.4 is 16.4 Å². The first-order valence-electron chi connectivity index (χ1n) is 6.51. The van der Waals surface area contributed by atoms with Gasteiger partial charge in [-0.15, -0.1) is 12.3 Å². The van der Waals surface area contributed by atoms with Crippen molar-refractivity contribution >= 4 is 23.2 Å². The van der Waals surface area contributed by atoms with Crippen LogP contribution in [-0.2, 0) is 9.59 Å². The van der Waals surface area contributed by atoms with E-state index in [0.29, 0.717) is 11.4 Å². The lowest BCUT2D eigenvalue weighted by atomic mass is 10.2. The van der Waals surface area contributed by atoms with Gasteiger partial charge in [0.15, 0.2) is 0 Å². The van der Waals surface area contributed by atoms with Gasteiger partial charge >= 0.3 is 0 Å². The average molecular weight is 271 g/mol. The third-order valence-electron chi connectivity index (χ3n) is 3.04. The lowest BCUT2D eigenvalue weighted by molar-refractivity contribution is -0.118. The van der Waals surface area contributed by atoms with Gasteiger partial charge in [0.25, 0.3) is 0 Å². The molecule has 0 aliphatic heterocycles. The summed E-state index contributed by atoms with van der Waals surface area (Å²) in [5.74, 6) is 2.24. The number of anilines is 2. The van der Waals surface area contributed by atoms with E-state index in [0.717, 1.165) is 12.8 Å². The van der Waals surface area contributed by atoms with E-state index >= 15 is 0 Å². The molecule has 20 heavy (non-hydrogen) atoms. The van der Waals surface area contributed by atoms with Gasteiger partial charge in [-0.25, -0.2) is 0 Å². The van der Waals surface area contributed by atoms with E-state index in [1.165, 1.54) is 0 Å². The summed E-state index contributed by atoms with van der Waals surface area (Å²) in [6.45, 7) is 0. The molecule has 1 unspecified atom stereocenters. The molecule has 0 heterocycles. The zero-order valence-corrected chi connectivity index (χ0v) is 11.1. The number of nitrogens with two attached hydrogens (primary N) is 1. The van der Waals surface area contributed by atoms with E-state index in [1.54, 1.807) is 24.3 Å². The maximum absolute atomic E-state index is 11.7. The zero-order valence-electron chi connectivity index (χ0n) is 11.1. The SMILES string of the molecule is C#CCC(N)C(=O)Nc1ccc(NC(=O)C2CC2)cc1. The van der Waals surface area contributed by atoms with Crippen LogP contribution in [0.4, 0.5) is 11.4 Å². The molecule has 1 saturated carbocycles. The second-order valence-electron chi connectivity index (χ2n) is 4.84. The van der Waals surface area contributed by atoms with Gasteiger partial charge < -0.3 is 16.4 Å². The summed E-state index contributed by atoms with van der Waals surface area (Å²) in [5.41, 5.74) is 6.93. The van der Waals surface area contributed by atoms with E-state index in [-0.39, 0.29) is 24.2 Å². The highest BCUT2D eigenvalue weighted by Gasteiger charge is 2.29. The Balaban J connectivity index is 1.89. The highest BCUT2D eigenvalue weighted by molar-refractivity contribution is 5.96. The maximum atomic E-state index is 11.7. The van der Waals surface area contributed by atoms with Crippen molar-refractivity contribution < 1.29 is 9.59 Å². The summed E-state index contributed by atoms with van der Waals surface area (Å²) in [5, 5.41) is 5.49. The van der Waals surface area contributed by atoms with E-state index in [4.69, 9.17) is 12.2 Å². The largest absolute Gasteiger partial charge is 0.326 e. The maximum Gasteiger partial charge on any atom is 0.242 e. The molecule has 1 fully saturated rings. The Morgan fingerprint density at radius 3 is 2.30 bits per heavy atom. The molecule has 5 heteroatoms. The number of amides is 2. The van der Waals surface area contributed by atoms with Gasteiger partial charge in [-0.1, -0.05) is 0 Å². The standard InChI is InChI=1S/C15H17N3O2/c1-2-3-13(16)15(20)18-12-8-6-11(7-9-12)17-14(19)10-4-5-10/h1,6-10,13H,3-5,16H2,(H,17,19)(H,18,20). The number of nitrogens with one attached hydrogen (secondary N) is 2. The zero-order chi connectivity index (χ0) is 14.5. The Kier molecular flexibility index (Phi) is 4.38. The average Bonchev–Trinajstić information content (AvgIpc) is 3.25. The Morgan fingerprint density at radius 2 is 1.80 bits per heavy atom. The smallest absolute Gasteiger partial charge is 0.242 e. The number of hydrogen-bond donors (Lipinski definition) is 3. The van der Waals surface area contributed by atoms with Crippen LogP contribution in [0.1, 0.15) is 19.3 Å². The molecule has 0 bridgehead atoms. The van der Waals surface area contributed by atoms with Gasteiger partial charge in [-0.3, -0.25) is 9.59 Å². The van der Waals surface area contributed by atoms with Gasteiger partial charge in [0, 0.05) is 23.7 Å². The first kappa shape index (κ1) is 14.1. The highest BCUT2D eigenvalue weighted by atomic mass is 16.2. The molecule has 0 radical (unpaired) electrons. The van der Waals surface area contributed by atoms with Crippen molar-refractivity contribution in [2.24, 2.45) is 11.7 Å². The first-order valence-corrected chi connectivity index (χ1v) is 6.51. The third-order valence-corrected chi connectivity index (χ3v) is 3.04. The highest BCUT2D eigenvalue weighted by Crippen LogP contribution is 2.30. The van der Waals surface area contributed by atoms with E-state index in [1.807, 2.05) is 0 Å². The molecular formula is C15H17N3O2. The summed E-state index contributed by atoms with van der Waals surface area (Å²) in [6, 6.07) is 6.19. The number of terminal acetylenes is 1. The summed E-state index contributed by atoms with van der Waals surface area (Å²) in [4.78, 5) is 23.2. The quantitative estimate of drug-likeness (QED) is 0.706. The number of benzene rings is 1. The fourth-order valence-electron chi connectivity index (χ4n) is 1.68. The number of hydrogen-bond acceptors (Lipinski definition) is 3. The van der Waals surface area contributed by atoms with E-state index in [2.05, 4.69) is 16.6 Å². The molecule has 4 N–H and O–H groups in total. The van der Waals surface area contributed by atoms with Crippen molar-refractivity contribution in [3.05, 3.63) is 24.3 Å². The Morgan fingerprint density at radius 1 is 1.25 bits per heavy atom. The molecular weight excluding hydrogens is 254 g/mol. The fraction of sp³-hybridized carbons (Fsp3) is 0.333. The minimum Gasteiger partial charge on any atom is -0.326 e. The molecule has 5 nitrogen and oxygen atoms in total.